The number of aromatic nitrogens is 3. The maximum Gasteiger partial charge on any atom is 0.272 e. The lowest BCUT2D eigenvalue weighted by Crippen LogP contribution is -2.49. The smallest absolute Gasteiger partial charge is 0.272 e. The predicted molar refractivity (Wildman–Crippen MR) is 105 cm³/mol. The Labute approximate surface area is 160 Å². The highest BCUT2D eigenvalue weighted by Crippen LogP contribution is 2.19. The molecule has 0 N–H and O–H groups in total. The first-order chi connectivity index (χ1) is 13.3. The van der Waals surface area contributed by atoms with Gasteiger partial charge in [-0.15, -0.1) is 0 Å². The second-order valence-corrected chi connectivity index (χ2v) is 7.13. The van der Waals surface area contributed by atoms with Gasteiger partial charge in [-0.1, -0.05) is 12.8 Å². The standard InChI is InChI=1S/C20H26N6O/c27-19(25-12-14-26(15-13-25)20-21-8-5-9-22-20)18-7-6-17(16-23-18)24-10-3-1-2-4-11-24/h5-9,16H,1-4,10-15H2. The molecule has 0 aromatic carbocycles. The number of nitrogens with zero attached hydrogens (tertiary/aromatic N) is 6. The molecule has 4 rings (SSSR count). The number of pyridine rings is 1. The van der Waals surface area contributed by atoms with Crippen LogP contribution in [-0.2, 0) is 0 Å². The maximum absolute atomic E-state index is 12.8. The maximum atomic E-state index is 12.8. The van der Waals surface area contributed by atoms with Gasteiger partial charge in [-0.3, -0.25) is 4.79 Å². The Morgan fingerprint density at radius 3 is 2.11 bits per heavy atom. The summed E-state index contributed by atoms with van der Waals surface area (Å²) in [7, 11) is 0. The molecular formula is C20H26N6O. The van der Waals surface area contributed by atoms with Gasteiger partial charge in [0.1, 0.15) is 5.69 Å². The van der Waals surface area contributed by atoms with E-state index in [1.165, 1.54) is 25.7 Å². The van der Waals surface area contributed by atoms with E-state index in [4.69, 9.17) is 0 Å². The van der Waals surface area contributed by atoms with E-state index in [0.29, 0.717) is 18.8 Å². The van der Waals surface area contributed by atoms with E-state index in [9.17, 15) is 4.79 Å². The van der Waals surface area contributed by atoms with E-state index >= 15 is 0 Å². The number of anilines is 2. The molecule has 142 valence electrons. The highest BCUT2D eigenvalue weighted by molar-refractivity contribution is 5.92. The van der Waals surface area contributed by atoms with Crippen molar-refractivity contribution in [1.29, 1.82) is 0 Å². The van der Waals surface area contributed by atoms with Gasteiger partial charge in [0, 0.05) is 51.7 Å². The van der Waals surface area contributed by atoms with E-state index in [2.05, 4.69) is 24.8 Å². The third-order valence-electron chi connectivity index (χ3n) is 5.34. The zero-order chi connectivity index (χ0) is 18.5. The second-order valence-electron chi connectivity index (χ2n) is 7.13. The van der Waals surface area contributed by atoms with Crippen molar-refractivity contribution in [1.82, 2.24) is 19.9 Å². The lowest BCUT2D eigenvalue weighted by atomic mass is 10.2. The van der Waals surface area contributed by atoms with Crippen LogP contribution in [-0.4, -0.2) is 65.0 Å². The van der Waals surface area contributed by atoms with Crippen LogP contribution in [0.3, 0.4) is 0 Å². The van der Waals surface area contributed by atoms with Gasteiger partial charge in [-0.05, 0) is 31.0 Å². The summed E-state index contributed by atoms with van der Waals surface area (Å²) in [6.07, 6.45) is 10.4. The molecule has 2 aromatic heterocycles. The van der Waals surface area contributed by atoms with Crippen LogP contribution in [0.2, 0.25) is 0 Å². The van der Waals surface area contributed by atoms with Crippen LogP contribution in [0.15, 0.2) is 36.8 Å². The highest BCUT2D eigenvalue weighted by atomic mass is 16.2. The number of hydrogen-bond acceptors (Lipinski definition) is 6. The van der Waals surface area contributed by atoms with Crippen LogP contribution in [0.5, 0.6) is 0 Å². The summed E-state index contributed by atoms with van der Waals surface area (Å²) in [6.45, 7) is 4.96. The summed E-state index contributed by atoms with van der Waals surface area (Å²) in [4.78, 5) is 32.2. The third kappa shape index (κ3) is 4.18. The summed E-state index contributed by atoms with van der Waals surface area (Å²) in [5, 5.41) is 0. The molecule has 2 aliphatic heterocycles. The number of carbonyl (C=O) groups is 1. The number of rotatable bonds is 3. The molecular weight excluding hydrogens is 340 g/mol. The highest BCUT2D eigenvalue weighted by Gasteiger charge is 2.24. The van der Waals surface area contributed by atoms with Gasteiger partial charge < -0.3 is 14.7 Å². The Kier molecular flexibility index (Phi) is 5.46. The van der Waals surface area contributed by atoms with Crippen molar-refractivity contribution in [2.75, 3.05) is 49.1 Å². The summed E-state index contributed by atoms with van der Waals surface area (Å²) in [5.41, 5.74) is 1.65. The minimum absolute atomic E-state index is 0.00560. The van der Waals surface area contributed by atoms with E-state index in [1.54, 1.807) is 12.4 Å². The first-order valence-electron chi connectivity index (χ1n) is 9.83. The Hall–Kier alpha value is -2.70. The molecule has 2 aliphatic rings. The number of piperazine rings is 1. The van der Waals surface area contributed by atoms with Crippen molar-refractivity contribution < 1.29 is 4.79 Å². The van der Waals surface area contributed by atoms with Crippen LogP contribution < -0.4 is 9.80 Å². The minimum Gasteiger partial charge on any atom is -0.370 e. The monoisotopic (exact) mass is 366 g/mol. The average molecular weight is 366 g/mol. The fourth-order valence-corrected chi connectivity index (χ4v) is 3.75. The van der Waals surface area contributed by atoms with Crippen LogP contribution in [0.25, 0.3) is 0 Å². The zero-order valence-corrected chi connectivity index (χ0v) is 15.6. The fourth-order valence-electron chi connectivity index (χ4n) is 3.75. The number of amides is 1. The molecule has 0 saturated carbocycles. The van der Waals surface area contributed by atoms with Crippen molar-refractivity contribution in [3.63, 3.8) is 0 Å². The molecule has 0 unspecified atom stereocenters. The first kappa shape index (κ1) is 17.7. The van der Waals surface area contributed by atoms with Gasteiger partial charge in [0.15, 0.2) is 0 Å². The Bertz CT molecular complexity index is 735. The Morgan fingerprint density at radius 1 is 0.778 bits per heavy atom. The largest absolute Gasteiger partial charge is 0.370 e. The molecule has 0 spiro atoms. The summed E-state index contributed by atoms with van der Waals surface area (Å²) in [6, 6.07) is 5.72. The Morgan fingerprint density at radius 2 is 1.48 bits per heavy atom. The van der Waals surface area contributed by atoms with Gasteiger partial charge >= 0.3 is 0 Å². The zero-order valence-electron chi connectivity index (χ0n) is 15.6. The van der Waals surface area contributed by atoms with E-state index in [0.717, 1.165) is 37.8 Å². The van der Waals surface area contributed by atoms with Crippen LogP contribution in [0.1, 0.15) is 36.2 Å². The molecule has 7 nitrogen and oxygen atoms in total. The Balaban J connectivity index is 1.36. The molecule has 0 bridgehead atoms. The van der Waals surface area contributed by atoms with Crippen molar-refractivity contribution in [3.8, 4) is 0 Å². The SMILES string of the molecule is O=C(c1ccc(N2CCCCCC2)cn1)N1CCN(c2ncccn2)CC1. The lowest BCUT2D eigenvalue weighted by Gasteiger charge is -2.34. The molecule has 2 saturated heterocycles. The molecule has 4 heterocycles. The fraction of sp³-hybridized carbons (Fsp3) is 0.500. The second kappa shape index (κ2) is 8.33. The third-order valence-corrected chi connectivity index (χ3v) is 5.34. The molecule has 0 aliphatic carbocycles. The molecule has 0 atom stereocenters. The average Bonchev–Trinajstić information content (AvgIpc) is 3.04. The van der Waals surface area contributed by atoms with Crippen molar-refractivity contribution in [2.24, 2.45) is 0 Å². The minimum atomic E-state index is 0.00560. The topological polar surface area (TPSA) is 65.5 Å². The number of hydrogen-bond donors (Lipinski definition) is 0. The molecule has 2 aromatic rings. The molecule has 7 heteroatoms. The number of carbonyl (C=O) groups excluding carboxylic acids is 1. The summed E-state index contributed by atoms with van der Waals surface area (Å²) >= 11 is 0. The molecule has 2 fully saturated rings. The lowest BCUT2D eigenvalue weighted by molar-refractivity contribution is 0.0740. The predicted octanol–water partition coefficient (Wildman–Crippen LogP) is 2.21. The van der Waals surface area contributed by atoms with E-state index in [-0.39, 0.29) is 5.91 Å². The molecule has 0 radical (unpaired) electrons. The van der Waals surface area contributed by atoms with Crippen LogP contribution >= 0.6 is 0 Å². The summed E-state index contributed by atoms with van der Waals surface area (Å²) < 4.78 is 0. The van der Waals surface area contributed by atoms with Crippen LogP contribution in [0.4, 0.5) is 11.6 Å². The van der Waals surface area contributed by atoms with Gasteiger partial charge in [0.25, 0.3) is 5.91 Å². The van der Waals surface area contributed by atoms with Gasteiger partial charge in [0.05, 0.1) is 11.9 Å². The molecule has 1 amide bonds. The van der Waals surface area contributed by atoms with Gasteiger partial charge in [0.2, 0.25) is 5.95 Å². The quantitative estimate of drug-likeness (QED) is 0.830. The van der Waals surface area contributed by atoms with Gasteiger partial charge in [-0.25, -0.2) is 15.0 Å². The van der Waals surface area contributed by atoms with E-state index in [1.807, 2.05) is 29.3 Å². The van der Waals surface area contributed by atoms with E-state index < -0.39 is 0 Å². The molecule has 27 heavy (non-hydrogen) atoms. The normalized spacial score (nSPS) is 18.3. The van der Waals surface area contributed by atoms with Crippen molar-refractivity contribution >= 4 is 17.5 Å². The van der Waals surface area contributed by atoms with Crippen molar-refractivity contribution in [3.05, 3.63) is 42.5 Å². The van der Waals surface area contributed by atoms with Crippen LogP contribution in [0, 0.1) is 0 Å². The van der Waals surface area contributed by atoms with Gasteiger partial charge in [-0.2, -0.15) is 0 Å². The van der Waals surface area contributed by atoms with Crippen molar-refractivity contribution in [2.45, 2.75) is 25.7 Å². The first-order valence-corrected chi connectivity index (χ1v) is 9.83. The summed E-state index contributed by atoms with van der Waals surface area (Å²) in [5.74, 6) is 0.732.